The fourth-order valence-corrected chi connectivity index (χ4v) is 3.27. The number of para-hydroxylation sites is 1. The summed E-state index contributed by atoms with van der Waals surface area (Å²) in [5.41, 5.74) is 0.813. The number of furan rings is 1. The molecular formula is C19H19NO3S. The molecule has 24 heavy (non-hydrogen) atoms. The van der Waals surface area contributed by atoms with Gasteiger partial charge in [0.05, 0.1) is 10.9 Å². The van der Waals surface area contributed by atoms with E-state index in [-0.39, 0.29) is 30.6 Å². The van der Waals surface area contributed by atoms with Crippen LogP contribution in [0, 0.1) is 0 Å². The van der Waals surface area contributed by atoms with E-state index in [1.54, 1.807) is 18.0 Å². The molecule has 1 unspecified atom stereocenters. The summed E-state index contributed by atoms with van der Waals surface area (Å²) in [7, 11) is 1.75. The number of hydrogen-bond donors (Lipinski definition) is 0. The van der Waals surface area contributed by atoms with Gasteiger partial charge in [-0.2, -0.15) is 0 Å². The predicted octanol–water partition coefficient (Wildman–Crippen LogP) is 4.68. The quantitative estimate of drug-likeness (QED) is 0.612. The molecule has 3 rings (SSSR count). The van der Waals surface area contributed by atoms with Crippen LogP contribution in [-0.4, -0.2) is 23.6 Å². The van der Waals surface area contributed by atoms with Crippen LogP contribution >= 0.6 is 11.3 Å². The van der Waals surface area contributed by atoms with E-state index in [1.807, 2.05) is 48.7 Å². The molecule has 0 aliphatic rings. The molecule has 1 aromatic carbocycles. The minimum atomic E-state index is -0.179. The lowest BCUT2D eigenvalue weighted by Gasteiger charge is -2.23. The molecule has 3 aromatic rings. The van der Waals surface area contributed by atoms with Gasteiger partial charge in [0.25, 0.3) is 0 Å². The molecule has 0 aliphatic heterocycles. The minimum absolute atomic E-state index is 0.0168. The van der Waals surface area contributed by atoms with Crippen LogP contribution in [0.5, 0.6) is 0 Å². The maximum absolute atomic E-state index is 12.4. The molecule has 0 saturated heterocycles. The predicted molar refractivity (Wildman–Crippen MR) is 95.3 cm³/mol. The van der Waals surface area contributed by atoms with Gasteiger partial charge < -0.3 is 9.32 Å². The lowest BCUT2D eigenvalue weighted by Crippen LogP contribution is -2.29. The van der Waals surface area contributed by atoms with Gasteiger partial charge in [0.15, 0.2) is 5.78 Å². The highest BCUT2D eigenvalue weighted by atomic mass is 32.1. The maximum atomic E-state index is 12.4. The first-order valence-electron chi connectivity index (χ1n) is 7.87. The first kappa shape index (κ1) is 16.5. The van der Waals surface area contributed by atoms with Gasteiger partial charge in [-0.25, -0.2) is 0 Å². The topological polar surface area (TPSA) is 50.5 Å². The van der Waals surface area contributed by atoms with Crippen molar-refractivity contribution < 1.29 is 14.0 Å². The summed E-state index contributed by atoms with van der Waals surface area (Å²) in [5.74, 6) is 0.702. The summed E-state index contributed by atoms with van der Waals surface area (Å²) in [6.45, 7) is 1.93. The number of thiophene rings is 1. The van der Waals surface area contributed by atoms with Crippen LogP contribution in [0.2, 0.25) is 0 Å². The highest BCUT2D eigenvalue weighted by Gasteiger charge is 2.21. The van der Waals surface area contributed by atoms with Crippen molar-refractivity contribution >= 4 is 34.0 Å². The number of nitrogens with zero attached hydrogens (tertiary/aromatic N) is 1. The Morgan fingerprint density at radius 2 is 1.96 bits per heavy atom. The summed E-state index contributed by atoms with van der Waals surface area (Å²) in [4.78, 5) is 26.7. The number of rotatable bonds is 6. The Morgan fingerprint density at radius 3 is 2.67 bits per heavy atom. The van der Waals surface area contributed by atoms with Gasteiger partial charge in [0, 0.05) is 25.3 Å². The first-order chi connectivity index (χ1) is 11.6. The average molecular weight is 341 g/mol. The Hall–Kier alpha value is -2.40. The molecule has 0 saturated carbocycles. The summed E-state index contributed by atoms with van der Waals surface area (Å²) in [5, 5.41) is 2.89. The second-order valence-electron chi connectivity index (χ2n) is 5.77. The fraction of sp³-hybridized carbons (Fsp3) is 0.263. The van der Waals surface area contributed by atoms with Crippen molar-refractivity contribution in [3.63, 3.8) is 0 Å². The number of carbonyl (C=O) groups excluding carboxylic acids is 2. The smallest absolute Gasteiger partial charge is 0.223 e. The number of carbonyl (C=O) groups is 2. The van der Waals surface area contributed by atoms with Crippen molar-refractivity contribution in [2.45, 2.75) is 25.8 Å². The molecule has 0 aliphatic carbocycles. The average Bonchev–Trinajstić information content (AvgIpc) is 3.26. The van der Waals surface area contributed by atoms with Crippen LogP contribution in [0.1, 0.15) is 41.2 Å². The third-order valence-electron chi connectivity index (χ3n) is 4.19. The number of amides is 1. The molecule has 1 atom stereocenters. The van der Waals surface area contributed by atoms with E-state index < -0.39 is 0 Å². The molecule has 4 nitrogen and oxygen atoms in total. The fourth-order valence-electron chi connectivity index (χ4n) is 2.57. The molecule has 0 bridgehead atoms. The van der Waals surface area contributed by atoms with Gasteiger partial charge in [0.1, 0.15) is 11.3 Å². The largest absolute Gasteiger partial charge is 0.459 e. The van der Waals surface area contributed by atoms with Gasteiger partial charge >= 0.3 is 0 Å². The Kier molecular flexibility index (Phi) is 4.81. The second kappa shape index (κ2) is 7.01. The van der Waals surface area contributed by atoms with Crippen molar-refractivity contribution in [3.8, 4) is 0 Å². The van der Waals surface area contributed by atoms with Crippen molar-refractivity contribution in [2.24, 2.45) is 0 Å². The molecule has 5 heteroatoms. The Bertz CT molecular complexity index is 818. The number of benzene rings is 1. The highest BCUT2D eigenvalue weighted by Crippen LogP contribution is 2.27. The van der Waals surface area contributed by atoms with E-state index in [0.717, 1.165) is 16.7 Å². The van der Waals surface area contributed by atoms with Crippen LogP contribution in [0.3, 0.4) is 0 Å². The summed E-state index contributed by atoms with van der Waals surface area (Å²) in [6, 6.07) is 13.2. The maximum Gasteiger partial charge on any atom is 0.223 e. The first-order valence-corrected chi connectivity index (χ1v) is 8.75. The number of fused-ring (bicyclic) bond motifs is 1. The third kappa shape index (κ3) is 3.41. The zero-order chi connectivity index (χ0) is 17.1. The molecule has 0 spiro atoms. The van der Waals surface area contributed by atoms with Crippen LogP contribution in [-0.2, 0) is 4.79 Å². The molecule has 0 fully saturated rings. The molecule has 0 radical (unpaired) electrons. The second-order valence-corrected chi connectivity index (χ2v) is 6.72. The lowest BCUT2D eigenvalue weighted by atomic mass is 10.1. The van der Waals surface area contributed by atoms with Crippen LogP contribution < -0.4 is 0 Å². The third-order valence-corrected chi connectivity index (χ3v) is 5.10. The lowest BCUT2D eigenvalue weighted by molar-refractivity contribution is -0.132. The van der Waals surface area contributed by atoms with E-state index in [9.17, 15) is 9.59 Å². The van der Waals surface area contributed by atoms with Gasteiger partial charge in [-0.15, -0.1) is 11.3 Å². The molecule has 2 aromatic heterocycles. The standard InChI is InChI=1S/C19H19NO3S/c1-13(17-12-14-6-3-4-7-16(14)23-17)20(2)19(22)10-9-15(21)18-8-5-11-24-18/h3-8,11-13H,9-10H2,1-2H3. The van der Waals surface area contributed by atoms with E-state index in [0.29, 0.717) is 4.88 Å². The van der Waals surface area contributed by atoms with E-state index in [1.165, 1.54) is 11.3 Å². The number of ketones is 1. The van der Waals surface area contributed by atoms with Gasteiger partial charge in [0.2, 0.25) is 5.91 Å². The zero-order valence-corrected chi connectivity index (χ0v) is 14.5. The van der Waals surface area contributed by atoms with E-state index >= 15 is 0 Å². The normalized spacial score (nSPS) is 12.2. The summed E-state index contributed by atoms with van der Waals surface area (Å²) >= 11 is 1.41. The summed E-state index contributed by atoms with van der Waals surface area (Å²) in [6.07, 6.45) is 0.439. The van der Waals surface area contributed by atoms with Crippen LogP contribution in [0.15, 0.2) is 52.3 Å². The molecule has 124 valence electrons. The van der Waals surface area contributed by atoms with Gasteiger partial charge in [-0.05, 0) is 30.5 Å². The van der Waals surface area contributed by atoms with Gasteiger partial charge in [-0.1, -0.05) is 24.3 Å². The molecular weight excluding hydrogens is 322 g/mol. The van der Waals surface area contributed by atoms with E-state index in [2.05, 4.69) is 0 Å². The molecule has 1 amide bonds. The molecule has 0 N–H and O–H groups in total. The van der Waals surface area contributed by atoms with Gasteiger partial charge in [-0.3, -0.25) is 9.59 Å². The van der Waals surface area contributed by atoms with Crippen molar-refractivity contribution in [1.29, 1.82) is 0 Å². The monoisotopic (exact) mass is 341 g/mol. The minimum Gasteiger partial charge on any atom is -0.459 e. The zero-order valence-electron chi connectivity index (χ0n) is 13.7. The number of hydrogen-bond acceptors (Lipinski definition) is 4. The van der Waals surface area contributed by atoms with Crippen LogP contribution in [0.25, 0.3) is 11.0 Å². The molecule has 2 heterocycles. The highest BCUT2D eigenvalue weighted by molar-refractivity contribution is 7.12. The van der Waals surface area contributed by atoms with Crippen LogP contribution in [0.4, 0.5) is 0 Å². The summed E-state index contributed by atoms with van der Waals surface area (Å²) < 4.78 is 5.83. The Balaban J connectivity index is 1.63. The number of Topliss-reactive ketones (excluding diaryl/α,β-unsaturated/α-hetero) is 1. The van der Waals surface area contributed by atoms with Crippen molar-refractivity contribution in [3.05, 3.63) is 58.5 Å². The SMILES string of the molecule is CC(c1cc2ccccc2o1)N(C)C(=O)CCC(=O)c1cccs1. The Labute approximate surface area is 144 Å². The Morgan fingerprint density at radius 1 is 1.17 bits per heavy atom. The van der Waals surface area contributed by atoms with E-state index in [4.69, 9.17) is 4.42 Å². The van der Waals surface area contributed by atoms with Crippen molar-refractivity contribution in [1.82, 2.24) is 4.90 Å². The van der Waals surface area contributed by atoms with Crippen molar-refractivity contribution in [2.75, 3.05) is 7.05 Å².